The first-order valence-corrected chi connectivity index (χ1v) is 6.32. The summed E-state index contributed by atoms with van der Waals surface area (Å²) in [4.78, 5) is 14.2. The molecule has 4 nitrogen and oxygen atoms in total. The minimum Gasteiger partial charge on any atom is -0.452 e. The number of nitrogens with zero attached hydrogens (tertiary/aromatic N) is 1. The van der Waals surface area contributed by atoms with Gasteiger partial charge in [-0.1, -0.05) is 6.92 Å². The van der Waals surface area contributed by atoms with E-state index < -0.39 is 0 Å². The Bertz CT molecular complexity index is 392. The fourth-order valence-corrected chi connectivity index (χ4v) is 2.35. The van der Waals surface area contributed by atoms with Gasteiger partial charge in [0, 0.05) is 13.1 Å². The molecule has 17 heavy (non-hydrogen) atoms. The summed E-state index contributed by atoms with van der Waals surface area (Å²) in [6.45, 7) is 6.14. The molecule has 1 amide bonds. The van der Waals surface area contributed by atoms with Crippen molar-refractivity contribution in [1.29, 1.82) is 0 Å². The van der Waals surface area contributed by atoms with Crippen LogP contribution in [-0.2, 0) is 0 Å². The predicted octanol–water partition coefficient (Wildman–Crippen LogP) is 2.00. The van der Waals surface area contributed by atoms with E-state index in [4.69, 9.17) is 16.0 Å². The molecule has 94 valence electrons. The zero-order valence-electron chi connectivity index (χ0n) is 9.91. The van der Waals surface area contributed by atoms with Crippen molar-refractivity contribution in [2.75, 3.05) is 26.2 Å². The Kier molecular flexibility index (Phi) is 4.07. The number of furan rings is 1. The number of nitrogens with one attached hydrogen (secondary N) is 1. The zero-order chi connectivity index (χ0) is 12.3. The molecule has 1 N–H and O–H groups in total. The summed E-state index contributed by atoms with van der Waals surface area (Å²) in [7, 11) is 0. The summed E-state index contributed by atoms with van der Waals surface area (Å²) < 4.78 is 4.89. The number of carbonyl (C=O) groups is 1. The standard InChI is InChI=1S/C12H17ClN2O2/c1-2-15-5-3-9(8-15)7-14-12(16)10-4-6-17-11(10)13/h4,6,9H,2-3,5,7-8H2,1H3,(H,14,16). The first-order chi connectivity index (χ1) is 8.20. The maximum atomic E-state index is 11.8. The molecule has 1 aliphatic heterocycles. The molecular formula is C12H17ClN2O2. The largest absolute Gasteiger partial charge is 0.452 e. The van der Waals surface area contributed by atoms with E-state index in [2.05, 4.69) is 17.1 Å². The molecule has 1 fully saturated rings. The number of amides is 1. The van der Waals surface area contributed by atoms with Gasteiger partial charge in [0.05, 0.1) is 11.8 Å². The second-order valence-corrected chi connectivity index (χ2v) is 4.71. The van der Waals surface area contributed by atoms with E-state index in [9.17, 15) is 4.79 Å². The van der Waals surface area contributed by atoms with Crippen LogP contribution in [0.4, 0.5) is 0 Å². The molecule has 1 atom stereocenters. The van der Waals surface area contributed by atoms with Crippen LogP contribution in [0.1, 0.15) is 23.7 Å². The third-order valence-electron chi connectivity index (χ3n) is 3.23. The average molecular weight is 257 g/mol. The van der Waals surface area contributed by atoms with E-state index >= 15 is 0 Å². The molecule has 0 saturated carbocycles. The Balaban J connectivity index is 1.79. The molecule has 5 heteroatoms. The fraction of sp³-hybridized carbons (Fsp3) is 0.583. The number of rotatable bonds is 4. The molecule has 1 aromatic heterocycles. The van der Waals surface area contributed by atoms with Crippen LogP contribution in [0.5, 0.6) is 0 Å². The summed E-state index contributed by atoms with van der Waals surface area (Å²) in [5, 5.41) is 3.06. The van der Waals surface area contributed by atoms with Gasteiger partial charge in [0.15, 0.2) is 0 Å². The molecule has 1 saturated heterocycles. The molecular weight excluding hydrogens is 240 g/mol. The van der Waals surface area contributed by atoms with Gasteiger partial charge in [0.25, 0.3) is 5.91 Å². The lowest BCUT2D eigenvalue weighted by Gasteiger charge is -2.13. The van der Waals surface area contributed by atoms with Gasteiger partial charge in [-0.05, 0) is 43.1 Å². The highest BCUT2D eigenvalue weighted by molar-refractivity contribution is 6.32. The van der Waals surface area contributed by atoms with Gasteiger partial charge in [0.2, 0.25) is 5.22 Å². The monoisotopic (exact) mass is 256 g/mol. The predicted molar refractivity (Wildman–Crippen MR) is 66.3 cm³/mol. The minimum absolute atomic E-state index is 0.154. The average Bonchev–Trinajstić information content (AvgIpc) is 2.94. The van der Waals surface area contributed by atoms with Crippen LogP contribution in [0.15, 0.2) is 16.7 Å². The molecule has 0 bridgehead atoms. The second kappa shape index (κ2) is 5.56. The van der Waals surface area contributed by atoms with Crippen molar-refractivity contribution in [2.45, 2.75) is 13.3 Å². The van der Waals surface area contributed by atoms with Crippen LogP contribution in [0.25, 0.3) is 0 Å². The number of hydrogen-bond acceptors (Lipinski definition) is 3. The van der Waals surface area contributed by atoms with Gasteiger partial charge in [-0.25, -0.2) is 0 Å². The molecule has 0 aliphatic carbocycles. The molecule has 2 heterocycles. The van der Waals surface area contributed by atoms with Gasteiger partial charge in [-0.2, -0.15) is 0 Å². The molecule has 1 aliphatic rings. The highest BCUT2D eigenvalue weighted by Gasteiger charge is 2.22. The Morgan fingerprint density at radius 2 is 2.53 bits per heavy atom. The highest BCUT2D eigenvalue weighted by Crippen LogP contribution is 2.17. The summed E-state index contributed by atoms with van der Waals surface area (Å²) >= 11 is 5.74. The maximum Gasteiger partial charge on any atom is 0.256 e. The van der Waals surface area contributed by atoms with Gasteiger partial charge in [-0.15, -0.1) is 0 Å². The van der Waals surface area contributed by atoms with Crippen molar-refractivity contribution >= 4 is 17.5 Å². The van der Waals surface area contributed by atoms with Crippen molar-refractivity contribution in [3.63, 3.8) is 0 Å². The van der Waals surface area contributed by atoms with Crippen molar-refractivity contribution in [2.24, 2.45) is 5.92 Å². The molecule has 1 aromatic rings. The number of hydrogen-bond donors (Lipinski definition) is 1. The van der Waals surface area contributed by atoms with E-state index in [0.717, 1.165) is 26.1 Å². The number of carbonyl (C=O) groups excluding carboxylic acids is 1. The second-order valence-electron chi connectivity index (χ2n) is 4.37. The van der Waals surface area contributed by atoms with E-state index in [-0.39, 0.29) is 11.1 Å². The van der Waals surface area contributed by atoms with Crippen molar-refractivity contribution in [3.8, 4) is 0 Å². The van der Waals surface area contributed by atoms with E-state index in [1.54, 1.807) is 6.07 Å². The SMILES string of the molecule is CCN1CCC(CNC(=O)c2ccoc2Cl)C1. The normalized spacial score (nSPS) is 20.7. The maximum absolute atomic E-state index is 11.8. The van der Waals surface area contributed by atoms with Crippen LogP contribution < -0.4 is 5.32 Å². The molecule has 2 rings (SSSR count). The van der Waals surface area contributed by atoms with Crippen LogP contribution in [0.3, 0.4) is 0 Å². The first-order valence-electron chi connectivity index (χ1n) is 5.94. The molecule has 0 spiro atoms. The van der Waals surface area contributed by atoms with Crippen LogP contribution in [0, 0.1) is 5.92 Å². The van der Waals surface area contributed by atoms with E-state index in [1.807, 2.05) is 0 Å². The molecule has 0 radical (unpaired) electrons. The Labute approximate surface area is 106 Å². The van der Waals surface area contributed by atoms with Crippen LogP contribution in [-0.4, -0.2) is 37.0 Å². The third kappa shape index (κ3) is 3.01. The molecule has 1 unspecified atom stereocenters. The van der Waals surface area contributed by atoms with Gasteiger partial charge in [-0.3, -0.25) is 4.79 Å². The first kappa shape index (κ1) is 12.5. The topological polar surface area (TPSA) is 45.5 Å². The fourth-order valence-electron chi connectivity index (χ4n) is 2.15. The Morgan fingerprint density at radius 3 is 3.12 bits per heavy atom. The van der Waals surface area contributed by atoms with Gasteiger partial charge in [0.1, 0.15) is 0 Å². The number of halogens is 1. The van der Waals surface area contributed by atoms with Crippen molar-refractivity contribution < 1.29 is 9.21 Å². The van der Waals surface area contributed by atoms with Gasteiger partial charge >= 0.3 is 0 Å². The van der Waals surface area contributed by atoms with Crippen molar-refractivity contribution in [1.82, 2.24) is 10.2 Å². The Morgan fingerprint density at radius 1 is 1.71 bits per heavy atom. The van der Waals surface area contributed by atoms with Crippen LogP contribution in [0.2, 0.25) is 5.22 Å². The van der Waals surface area contributed by atoms with E-state index in [1.165, 1.54) is 6.26 Å². The highest BCUT2D eigenvalue weighted by atomic mass is 35.5. The number of likely N-dealkylation sites (tertiary alicyclic amines) is 1. The smallest absolute Gasteiger partial charge is 0.256 e. The summed E-state index contributed by atoms with van der Waals surface area (Å²) in [6, 6.07) is 1.59. The lowest BCUT2D eigenvalue weighted by molar-refractivity contribution is 0.0947. The summed E-state index contributed by atoms with van der Waals surface area (Å²) in [5.41, 5.74) is 0.414. The third-order valence-corrected chi connectivity index (χ3v) is 3.52. The van der Waals surface area contributed by atoms with Gasteiger partial charge < -0.3 is 14.6 Å². The molecule has 0 aromatic carbocycles. The van der Waals surface area contributed by atoms with Crippen molar-refractivity contribution in [3.05, 3.63) is 23.1 Å². The summed E-state index contributed by atoms with van der Waals surface area (Å²) in [6.07, 6.45) is 2.57. The zero-order valence-corrected chi connectivity index (χ0v) is 10.7. The lowest BCUT2D eigenvalue weighted by Crippen LogP contribution is -2.30. The minimum atomic E-state index is -0.154. The summed E-state index contributed by atoms with van der Waals surface area (Å²) in [5.74, 6) is 0.392. The Hall–Kier alpha value is -1.00. The van der Waals surface area contributed by atoms with Crippen LogP contribution >= 0.6 is 11.6 Å². The quantitative estimate of drug-likeness (QED) is 0.896. The van der Waals surface area contributed by atoms with E-state index in [0.29, 0.717) is 18.0 Å². The lowest BCUT2D eigenvalue weighted by atomic mass is 10.1.